The maximum Gasteiger partial charge on any atom is 0.326 e. The lowest BCUT2D eigenvalue weighted by Crippen LogP contribution is -2.51. The molecule has 136 valence electrons. The largest absolute Gasteiger partial charge is 0.480 e. The molecule has 1 unspecified atom stereocenters. The topological polar surface area (TPSA) is 98.7 Å². The fourth-order valence-corrected chi connectivity index (χ4v) is 3.33. The minimum Gasteiger partial charge on any atom is -0.480 e. The smallest absolute Gasteiger partial charge is 0.326 e. The Morgan fingerprint density at radius 2 is 1.88 bits per heavy atom. The number of amides is 3. The molecule has 3 N–H and O–H groups in total. The molecule has 1 aliphatic rings. The number of likely N-dealkylation sites (tertiary alicyclic amines) is 1. The van der Waals surface area contributed by atoms with E-state index in [0.717, 1.165) is 4.47 Å². The van der Waals surface area contributed by atoms with Gasteiger partial charge in [0.1, 0.15) is 12.1 Å². The summed E-state index contributed by atoms with van der Waals surface area (Å²) in [5, 5.41) is 14.7. The Bertz CT molecular complexity index is 662. The SMILES string of the molecule is CC(C)[C@@H](C(=O)O)N1C(=O)[C@@H](NC(=O)Nc2ccc(Br)cc2)CC1C. The van der Waals surface area contributed by atoms with E-state index in [4.69, 9.17) is 0 Å². The van der Waals surface area contributed by atoms with Gasteiger partial charge in [0.05, 0.1) is 0 Å². The highest BCUT2D eigenvalue weighted by Gasteiger charge is 2.45. The van der Waals surface area contributed by atoms with Crippen LogP contribution in [0.1, 0.15) is 27.2 Å². The van der Waals surface area contributed by atoms with E-state index in [-0.39, 0.29) is 17.9 Å². The minimum atomic E-state index is -1.03. The third-order valence-corrected chi connectivity index (χ3v) is 4.72. The molecule has 1 heterocycles. The van der Waals surface area contributed by atoms with E-state index in [9.17, 15) is 19.5 Å². The van der Waals surface area contributed by atoms with Crippen molar-refractivity contribution in [2.45, 2.75) is 45.3 Å². The number of nitrogens with zero attached hydrogens (tertiary/aromatic N) is 1. The maximum atomic E-state index is 12.6. The molecule has 8 heteroatoms. The fraction of sp³-hybridized carbons (Fsp3) is 0.471. The van der Waals surface area contributed by atoms with Gasteiger partial charge >= 0.3 is 12.0 Å². The quantitative estimate of drug-likeness (QED) is 0.693. The molecule has 1 fully saturated rings. The molecule has 3 amide bonds. The van der Waals surface area contributed by atoms with Crippen molar-refractivity contribution < 1.29 is 19.5 Å². The lowest BCUT2D eigenvalue weighted by Gasteiger charge is -2.31. The van der Waals surface area contributed by atoms with Crippen molar-refractivity contribution in [3.63, 3.8) is 0 Å². The van der Waals surface area contributed by atoms with Crippen LogP contribution in [0.4, 0.5) is 10.5 Å². The number of nitrogens with one attached hydrogen (secondary N) is 2. The molecule has 1 saturated heterocycles. The van der Waals surface area contributed by atoms with Gasteiger partial charge in [-0.3, -0.25) is 4.79 Å². The number of hydrogen-bond acceptors (Lipinski definition) is 3. The summed E-state index contributed by atoms with van der Waals surface area (Å²) < 4.78 is 0.891. The van der Waals surface area contributed by atoms with Gasteiger partial charge in [0, 0.05) is 16.2 Å². The summed E-state index contributed by atoms with van der Waals surface area (Å²) in [6, 6.07) is 4.67. The van der Waals surface area contributed by atoms with Crippen LogP contribution in [0, 0.1) is 5.92 Å². The molecule has 7 nitrogen and oxygen atoms in total. The van der Waals surface area contributed by atoms with Crippen molar-refractivity contribution >= 4 is 39.5 Å². The molecule has 3 atom stereocenters. The number of carbonyl (C=O) groups excluding carboxylic acids is 2. The molecule has 1 aromatic carbocycles. The van der Waals surface area contributed by atoms with E-state index in [1.54, 1.807) is 45.0 Å². The number of carboxylic acid groups (broad SMARTS) is 1. The van der Waals surface area contributed by atoms with Crippen LogP contribution in [0.3, 0.4) is 0 Å². The van der Waals surface area contributed by atoms with Crippen LogP contribution in [-0.4, -0.2) is 46.0 Å². The van der Waals surface area contributed by atoms with E-state index in [1.165, 1.54) is 4.90 Å². The summed E-state index contributed by atoms with van der Waals surface area (Å²) in [6.07, 6.45) is 0.378. The summed E-state index contributed by atoms with van der Waals surface area (Å²) in [7, 11) is 0. The number of carboxylic acids is 1. The van der Waals surface area contributed by atoms with E-state index >= 15 is 0 Å². The highest BCUT2D eigenvalue weighted by Crippen LogP contribution is 2.25. The summed E-state index contributed by atoms with van der Waals surface area (Å²) in [6.45, 7) is 5.32. The van der Waals surface area contributed by atoms with Gasteiger partial charge in [-0.1, -0.05) is 29.8 Å². The second-order valence-electron chi connectivity index (χ2n) is 6.52. The first-order valence-electron chi connectivity index (χ1n) is 8.08. The number of halogens is 1. The monoisotopic (exact) mass is 411 g/mol. The first-order chi connectivity index (χ1) is 11.7. The van der Waals surface area contributed by atoms with Crippen molar-refractivity contribution in [3.8, 4) is 0 Å². The van der Waals surface area contributed by atoms with Crippen LogP contribution in [0.25, 0.3) is 0 Å². The molecule has 1 aliphatic heterocycles. The number of urea groups is 1. The molecule has 2 rings (SSSR count). The highest BCUT2D eigenvalue weighted by atomic mass is 79.9. The van der Waals surface area contributed by atoms with Gasteiger partial charge in [-0.2, -0.15) is 0 Å². The van der Waals surface area contributed by atoms with Crippen molar-refractivity contribution in [1.82, 2.24) is 10.2 Å². The predicted molar refractivity (Wildman–Crippen MR) is 97.3 cm³/mol. The standard InChI is InChI=1S/C17H22BrN3O4/c1-9(2)14(16(23)24)21-10(3)8-13(15(21)22)20-17(25)19-12-6-4-11(18)5-7-12/h4-7,9-10,13-14H,8H2,1-3H3,(H,23,24)(H2,19,20,25)/t10?,13-,14-/m0/s1. The molecule has 0 spiro atoms. The van der Waals surface area contributed by atoms with Crippen molar-refractivity contribution in [3.05, 3.63) is 28.7 Å². The first kappa shape index (κ1) is 19.2. The lowest BCUT2D eigenvalue weighted by atomic mass is 10.0. The van der Waals surface area contributed by atoms with Crippen LogP contribution in [0.5, 0.6) is 0 Å². The van der Waals surface area contributed by atoms with Gasteiger partial charge in [0.15, 0.2) is 0 Å². The number of benzene rings is 1. The molecule has 0 aliphatic carbocycles. The number of rotatable bonds is 5. The maximum absolute atomic E-state index is 12.6. The van der Waals surface area contributed by atoms with Gasteiger partial charge < -0.3 is 20.6 Å². The zero-order valence-electron chi connectivity index (χ0n) is 14.3. The molecule has 0 saturated carbocycles. The van der Waals surface area contributed by atoms with E-state index < -0.39 is 24.1 Å². The first-order valence-corrected chi connectivity index (χ1v) is 8.88. The Labute approximate surface area is 154 Å². The van der Waals surface area contributed by atoms with Crippen LogP contribution in [0.2, 0.25) is 0 Å². The van der Waals surface area contributed by atoms with Gasteiger partial charge in [0.25, 0.3) is 0 Å². The van der Waals surface area contributed by atoms with E-state index in [2.05, 4.69) is 26.6 Å². The summed E-state index contributed by atoms with van der Waals surface area (Å²) >= 11 is 3.31. The average Bonchev–Trinajstić information content (AvgIpc) is 2.77. The van der Waals surface area contributed by atoms with Crippen LogP contribution >= 0.6 is 15.9 Å². The number of anilines is 1. The minimum absolute atomic E-state index is 0.223. The number of aliphatic carboxylic acids is 1. The van der Waals surface area contributed by atoms with Gasteiger partial charge in [-0.05, 0) is 43.5 Å². The molecule has 25 heavy (non-hydrogen) atoms. The van der Waals surface area contributed by atoms with Crippen LogP contribution in [0.15, 0.2) is 28.7 Å². The van der Waals surface area contributed by atoms with Crippen LogP contribution in [-0.2, 0) is 9.59 Å². The van der Waals surface area contributed by atoms with Crippen molar-refractivity contribution in [2.75, 3.05) is 5.32 Å². The summed E-state index contributed by atoms with van der Waals surface area (Å²) in [5.41, 5.74) is 0.599. The lowest BCUT2D eigenvalue weighted by molar-refractivity contribution is -0.151. The van der Waals surface area contributed by atoms with Gasteiger partial charge in [-0.25, -0.2) is 9.59 Å². The molecular weight excluding hydrogens is 390 g/mol. The Balaban J connectivity index is 2.03. The molecule has 1 aromatic rings. The Morgan fingerprint density at radius 3 is 2.40 bits per heavy atom. The third-order valence-electron chi connectivity index (χ3n) is 4.20. The zero-order chi connectivity index (χ0) is 18.7. The van der Waals surface area contributed by atoms with Crippen molar-refractivity contribution in [2.24, 2.45) is 5.92 Å². The summed E-state index contributed by atoms with van der Waals surface area (Å²) in [4.78, 5) is 37.6. The second kappa shape index (κ2) is 7.86. The molecule has 0 radical (unpaired) electrons. The average molecular weight is 412 g/mol. The van der Waals surface area contributed by atoms with E-state index in [0.29, 0.717) is 12.1 Å². The Morgan fingerprint density at radius 1 is 1.28 bits per heavy atom. The third kappa shape index (κ3) is 4.50. The molecular formula is C17H22BrN3O4. The Kier molecular flexibility index (Phi) is 6.05. The highest BCUT2D eigenvalue weighted by molar-refractivity contribution is 9.10. The zero-order valence-corrected chi connectivity index (χ0v) is 15.9. The fourth-order valence-electron chi connectivity index (χ4n) is 3.07. The molecule has 0 aromatic heterocycles. The normalized spacial score (nSPS) is 21.3. The van der Waals surface area contributed by atoms with Crippen molar-refractivity contribution in [1.29, 1.82) is 0 Å². The van der Waals surface area contributed by atoms with E-state index in [1.807, 2.05) is 0 Å². The Hall–Kier alpha value is -2.09. The summed E-state index contributed by atoms with van der Waals surface area (Å²) in [5.74, 6) is -1.62. The number of hydrogen-bond donors (Lipinski definition) is 3. The second-order valence-corrected chi connectivity index (χ2v) is 7.43. The van der Waals surface area contributed by atoms with Crippen LogP contribution < -0.4 is 10.6 Å². The number of carbonyl (C=O) groups is 3. The molecule has 0 bridgehead atoms. The van der Waals surface area contributed by atoms with Gasteiger partial charge in [-0.15, -0.1) is 0 Å². The van der Waals surface area contributed by atoms with Gasteiger partial charge in [0.2, 0.25) is 5.91 Å². The predicted octanol–water partition coefficient (Wildman–Crippen LogP) is 2.67.